The van der Waals surface area contributed by atoms with E-state index in [9.17, 15) is 0 Å². The van der Waals surface area contributed by atoms with Crippen LogP contribution < -0.4 is 5.32 Å². The lowest BCUT2D eigenvalue weighted by molar-refractivity contribution is 0.248. The third-order valence-corrected chi connectivity index (χ3v) is 4.17. The van der Waals surface area contributed by atoms with Gasteiger partial charge >= 0.3 is 0 Å². The van der Waals surface area contributed by atoms with Crippen molar-refractivity contribution in [1.29, 1.82) is 0 Å². The van der Waals surface area contributed by atoms with Gasteiger partial charge in [0.05, 0.1) is 0 Å². The molecule has 0 amide bonds. The molecule has 106 valence electrons. The predicted molar refractivity (Wildman–Crippen MR) is 82.7 cm³/mol. The lowest BCUT2D eigenvalue weighted by Gasteiger charge is -2.26. The molecule has 0 radical (unpaired) electrons. The molecule has 0 saturated carbocycles. The predicted octanol–water partition coefficient (Wildman–Crippen LogP) is 2.87. The van der Waals surface area contributed by atoms with Crippen molar-refractivity contribution in [2.75, 3.05) is 26.2 Å². The third-order valence-electron chi connectivity index (χ3n) is 4.17. The van der Waals surface area contributed by atoms with Crippen LogP contribution in [0.15, 0.2) is 24.3 Å². The van der Waals surface area contributed by atoms with Gasteiger partial charge < -0.3 is 10.2 Å². The minimum absolute atomic E-state index is 0.654. The van der Waals surface area contributed by atoms with E-state index in [0.29, 0.717) is 6.04 Å². The van der Waals surface area contributed by atoms with Crippen molar-refractivity contribution in [3.05, 3.63) is 35.4 Å². The first-order valence-electron chi connectivity index (χ1n) is 7.86. The Morgan fingerprint density at radius 3 is 2.26 bits per heavy atom. The van der Waals surface area contributed by atoms with E-state index in [1.165, 1.54) is 45.3 Å². The van der Waals surface area contributed by atoms with E-state index in [4.69, 9.17) is 0 Å². The van der Waals surface area contributed by atoms with Crippen molar-refractivity contribution in [3.63, 3.8) is 0 Å². The summed E-state index contributed by atoms with van der Waals surface area (Å²) in [5.41, 5.74) is 3.11. The van der Waals surface area contributed by atoms with Gasteiger partial charge in [0.1, 0.15) is 0 Å². The highest BCUT2D eigenvalue weighted by molar-refractivity contribution is 5.28. The quantitative estimate of drug-likeness (QED) is 0.846. The molecule has 0 saturated heterocycles. The molecular formula is C17H28N2. The summed E-state index contributed by atoms with van der Waals surface area (Å²) in [5.74, 6) is 0. The summed E-state index contributed by atoms with van der Waals surface area (Å²) in [5, 5.41) is 3.67. The smallest absolute Gasteiger partial charge is 0.0192 e. The molecule has 2 nitrogen and oxygen atoms in total. The van der Waals surface area contributed by atoms with E-state index in [0.717, 1.165) is 6.54 Å². The lowest BCUT2D eigenvalue weighted by atomic mass is 10.0. The van der Waals surface area contributed by atoms with Crippen molar-refractivity contribution in [1.82, 2.24) is 10.2 Å². The van der Waals surface area contributed by atoms with Crippen molar-refractivity contribution in [2.24, 2.45) is 0 Å². The number of fused-ring (bicyclic) bond motifs is 1. The highest BCUT2D eigenvalue weighted by Gasteiger charge is 2.16. The van der Waals surface area contributed by atoms with Gasteiger partial charge in [0.25, 0.3) is 0 Å². The van der Waals surface area contributed by atoms with Gasteiger partial charge in [-0.2, -0.15) is 0 Å². The van der Waals surface area contributed by atoms with E-state index in [1.807, 2.05) is 0 Å². The first-order valence-corrected chi connectivity index (χ1v) is 7.86. The Morgan fingerprint density at radius 2 is 1.74 bits per heavy atom. The summed E-state index contributed by atoms with van der Waals surface area (Å²) < 4.78 is 0. The Labute approximate surface area is 118 Å². The number of hydrogen-bond donors (Lipinski definition) is 1. The highest BCUT2D eigenvalue weighted by Crippen LogP contribution is 2.15. The molecule has 1 aromatic rings. The summed E-state index contributed by atoms with van der Waals surface area (Å²) in [7, 11) is 0. The van der Waals surface area contributed by atoms with Crippen LogP contribution in [0.3, 0.4) is 0 Å². The SMILES string of the molecule is CCCNC(CC)CN1CCc2ccccc2CC1. The molecule has 2 heteroatoms. The van der Waals surface area contributed by atoms with Crippen LogP contribution in [0, 0.1) is 0 Å². The molecule has 1 heterocycles. The van der Waals surface area contributed by atoms with E-state index in [2.05, 4.69) is 48.3 Å². The zero-order valence-electron chi connectivity index (χ0n) is 12.5. The molecule has 2 rings (SSSR count). The number of hydrogen-bond acceptors (Lipinski definition) is 2. The van der Waals surface area contributed by atoms with Gasteiger partial charge in [0, 0.05) is 25.7 Å². The topological polar surface area (TPSA) is 15.3 Å². The van der Waals surface area contributed by atoms with Crippen LogP contribution in [0.4, 0.5) is 0 Å². The van der Waals surface area contributed by atoms with Gasteiger partial charge in [-0.3, -0.25) is 0 Å². The molecule has 1 aliphatic heterocycles. The largest absolute Gasteiger partial charge is 0.313 e. The standard InChI is InChI=1S/C17H28N2/c1-3-11-18-17(4-2)14-19-12-9-15-7-5-6-8-16(15)10-13-19/h5-8,17-18H,3-4,9-14H2,1-2H3. The molecule has 0 fully saturated rings. The van der Waals surface area contributed by atoms with Crippen LogP contribution in [0.25, 0.3) is 0 Å². The molecule has 19 heavy (non-hydrogen) atoms. The van der Waals surface area contributed by atoms with E-state index in [-0.39, 0.29) is 0 Å². The van der Waals surface area contributed by atoms with Gasteiger partial charge in [-0.05, 0) is 43.4 Å². The minimum atomic E-state index is 0.654. The number of benzene rings is 1. The fourth-order valence-electron chi connectivity index (χ4n) is 2.89. The van der Waals surface area contributed by atoms with Crippen LogP contribution in [0.1, 0.15) is 37.8 Å². The van der Waals surface area contributed by atoms with E-state index in [1.54, 1.807) is 11.1 Å². The van der Waals surface area contributed by atoms with E-state index < -0.39 is 0 Å². The second-order valence-electron chi connectivity index (χ2n) is 5.63. The molecule has 1 unspecified atom stereocenters. The zero-order chi connectivity index (χ0) is 13.5. The number of nitrogens with zero attached hydrogens (tertiary/aromatic N) is 1. The van der Waals surface area contributed by atoms with Crippen molar-refractivity contribution >= 4 is 0 Å². The average molecular weight is 260 g/mol. The lowest BCUT2D eigenvalue weighted by Crippen LogP contribution is -2.42. The summed E-state index contributed by atoms with van der Waals surface area (Å²) in [6, 6.07) is 9.59. The van der Waals surface area contributed by atoms with Crippen LogP contribution >= 0.6 is 0 Å². The fraction of sp³-hybridized carbons (Fsp3) is 0.647. The maximum atomic E-state index is 3.67. The normalized spacial score (nSPS) is 17.8. The molecule has 1 atom stereocenters. The Balaban J connectivity index is 1.87. The molecule has 0 aromatic heterocycles. The first-order chi connectivity index (χ1) is 9.33. The van der Waals surface area contributed by atoms with Gasteiger partial charge in [-0.1, -0.05) is 38.1 Å². The molecule has 0 spiro atoms. The van der Waals surface area contributed by atoms with Crippen molar-refractivity contribution < 1.29 is 0 Å². The number of rotatable bonds is 6. The van der Waals surface area contributed by atoms with Crippen molar-refractivity contribution in [2.45, 2.75) is 45.6 Å². The average Bonchev–Trinajstić information content (AvgIpc) is 2.66. The first kappa shape index (κ1) is 14.5. The molecule has 1 aliphatic rings. The van der Waals surface area contributed by atoms with Crippen LogP contribution in [0.2, 0.25) is 0 Å². The fourth-order valence-corrected chi connectivity index (χ4v) is 2.89. The Kier molecular flexibility index (Phi) is 5.87. The second-order valence-corrected chi connectivity index (χ2v) is 5.63. The van der Waals surface area contributed by atoms with Gasteiger partial charge in [-0.25, -0.2) is 0 Å². The van der Waals surface area contributed by atoms with Gasteiger partial charge in [0.15, 0.2) is 0 Å². The summed E-state index contributed by atoms with van der Waals surface area (Å²) in [6.07, 6.45) is 4.87. The summed E-state index contributed by atoms with van der Waals surface area (Å²) in [6.45, 7) is 9.29. The zero-order valence-corrected chi connectivity index (χ0v) is 12.5. The van der Waals surface area contributed by atoms with Gasteiger partial charge in [0.2, 0.25) is 0 Å². The second kappa shape index (κ2) is 7.66. The molecule has 0 aliphatic carbocycles. The van der Waals surface area contributed by atoms with Crippen molar-refractivity contribution in [3.8, 4) is 0 Å². The van der Waals surface area contributed by atoms with Gasteiger partial charge in [-0.15, -0.1) is 0 Å². The summed E-state index contributed by atoms with van der Waals surface area (Å²) >= 11 is 0. The maximum Gasteiger partial charge on any atom is 0.0192 e. The molecular weight excluding hydrogens is 232 g/mol. The van der Waals surface area contributed by atoms with Crippen LogP contribution in [-0.4, -0.2) is 37.1 Å². The highest BCUT2D eigenvalue weighted by atomic mass is 15.1. The molecule has 1 N–H and O–H groups in total. The molecule has 1 aromatic carbocycles. The summed E-state index contributed by atoms with van der Waals surface area (Å²) in [4.78, 5) is 2.64. The van der Waals surface area contributed by atoms with Crippen LogP contribution in [0.5, 0.6) is 0 Å². The Hall–Kier alpha value is -0.860. The third kappa shape index (κ3) is 4.32. The van der Waals surface area contributed by atoms with E-state index >= 15 is 0 Å². The number of nitrogens with one attached hydrogen (secondary N) is 1. The van der Waals surface area contributed by atoms with Crippen LogP contribution in [-0.2, 0) is 12.8 Å². The minimum Gasteiger partial charge on any atom is -0.313 e. The Morgan fingerprint density at radius 1 is 1.11 bits per heavy atom. The maximum absolute atomic E-state index is 3.67. The Bertz CT molecular complexity index is 348. The molecule has 0 bridgehead atoms. The monoisotopic (exact) mass is 260 g/mol.